The quantitative estimate of drug-likeness (QED) is 0.689. The Balaban J connectivity index is 2.29. The van der Waals surface area contributed by atoms with Crippen molar-refractivity contribution in [3.8, 4) is 11.4 Å². The maximum absolute atomic E-state index is 13.7. The number of hydrogen-bond acceptors (Lipinski definition) is 1. The molecule has 0 spiro atoms. The van der Waals surface area contributed by atoms with Crippen LogP contribution in [0.15, 0.2) is 34.8 Å². The molecule has 0 radical (unpaired) electrons. The molecule has 3 aromatic rings. The van der Waals surface area contributed by atoms with Gasteiger partial charge >= 0.3 is 0 Å². The Labute approximate surface area is 118 Å². The summed E-state index contributed by atoms with van der Waals surface area (Å²) >= 11 is 3.29. The number of fused-ring (bicyclic) bond motifs is 1. The first-order valence-corrected chi connectivity index (χ1v) is 6.77. The maximum atomic E-state index is 13.7. The molecule has 1 heterocycles. The Kier molecular flexibility index (Phi) is 2.90. The van der Waals surface area contributed by atoms with Crippen molar-refractivity contribution in [2.45, 2.75) is 13.8 Å². The summed E-state index contributed by atoms with van der Waals surface area (Å²) in [5, 5.41) is 0. The van der Waals surface area contributed by atoms with Crippen LogP contribution in [0.1, 0.15) is 11.1 Å². The minimum Gasteiger partial charge on any atom is -0.338 e. The summed E-state index contributed by atoms with van der Waals surface area (Å²) in [6.07, 6.45) is 0. The zero-order valence-corrected chi connectivity index (χ0v) is 12.2. The van der Waals surface area contributed by atoms with E-state index in [1.54, 1.807) is 0 Å². The number of nitrogens with one attached hydrogen (secondary N) is 1. The monoisotopic (exact) mass is 318 g/mol. The SMILES string of the molecule is Cc1cc(F)c(Br)c(C)c1-c1nc2ccccc2[nH]1. The normalized spacial score (nSPS) is 11.2. The predicted octanol–water partition coefficient (Wildman–Crippen LogP) is 4.75. The Morgan fingerprint density at radius 3 is 2.68 bits per heavy atom. The van der Waals surface area contributed by atoms with Gasteiger partial charge in [0, 0.05) is 5.56 Å². The van der Waals surface area contributed by atoms with Crippen LogP contribution in [-0.2, 0) is 0 Å². The van der Waals surface area contributed by atoms with E-state index in [1.807, 2.05) is 38.1 Å². The molecule has 0 bridgehead atoms. The third kappa shape index (κ3) is 1.96. The van der Waals surface area contributed by atoms with E-state index in [0.717, 1.165) is 33.5 Å². The van der Waals surface area contributed by atoms with Gasteiger partial charge in [0.05, 0.1) is 15.5 Å². The van der Waals surface area contributed by atoms with Gasteiger partial charge < -0.3 is 4.98 Å². The third-order valence-corrected chi connectivity index (χ3v) is 4.25. The number of aromatic nitrogens is 2. The summed E-state index contributed by atoms with van der Waals surface area (Å²) in [7, 11) is 0. The number of nitrogens with zero attached hydrogens (tertiary/aromatic N) is 1. The highest BCUT2D eigenvalue weighted by Crippen LogP contribution is 2.33. The van der Waals surface area contributed by atoms with Crippen molar-refractivity contribution < 1.29 is 4.39 Å². The largest absolute Gasteiger partial charge is 0.338 e. The highest BCUT2D eigenvalue weighted by Gasteiger charge is 2.15. The minimum atomic E-state index is -0.241. The second-order valence-electron chi connectivity index (χ2n) is 4.59. The molecule has 4 heteroatoms. The van der Waals surface area contributed by atoms with Gasteiger partial charge in [-0.15, -0.1) is 0 Å². The second kappa shape index (κ2) is 4.46. The average molecular weight is 319 g/mol. The van der Waals surface area contributed by atoms with Crippen LogP contribution in [0, 0.1) is 19.7 Å². The number of imidazole rings is 1. The number of halogens is 2. The van der Waals surface area contributed by atoms with Crippen LogP contribution < -0.4 is 0 Å². The van der Waals surface area contributed by atoms with Crippen LogP contribution in [0.2, 0.25) is 0 Å². The average Bonchev–Trinajstić information content (AvgIpc) is 2.79. The lowest BCUT2D eigenvalue weighted by Crippen LogP contribution is -1.94. The van der Waals surface area contributed by atoms with E-state index in [-0.39, 0.29) is 5.82 Å². The Bertz CT molecular complexity index is 744. The molecule has 0 unspecified atom stereocenters. The molecule has 2 nitrogen and oxygen atoms in total. The standard InChI is InChI=1S/C15H12BrFN2/c1-8-7-10(17)14(16)9(2)13(8)15-18-11-5-3-4-6-12(11)19-15/h3-7H,1-2H3,(H,18,19). The van der Waals surface area contributed by atoms with Crippen LogP contribution in [0.5, 0.6) is 0 Å². The molecule has 1 N–H and O–H groups in total. The van der Waals surface area contributed by atoms with Gasteiger partial charge in [-0.25, -0.2) is 9.37 Å². The van der Waals surface area contributed by atoms with Crippen molar-refractivity contribution in [2.24, 2.45) is 0 Å². The first-order chi connectivity index (χ1) is 9.08. The number of aryl methyl sites for hydroxylation is 1. The molecular weight excluding hydrogens is 307 g/mol. The molecule has 0 amide bonds. The zero-order chi connectivity index (χ0) is 13.6. The maximum Gasteiger partial charge on any atom is 0.139 e. The van der Waals surface area contributed by atoms with E-state index >= 15 is 0 Å². The van der Waals surface area contributed by atoms with Crippen LogP contribution in [0.4, 0.5) is 4.39 Å². The number of rotatable bonds is 1. The number of benzene rings is 2. The van der Waals surface area contributed by atoms with Crippen molar-refractivity contribution in [2.75, 3.05) is 0 Å². The van der Waals surface area contributed by atoms with Gasteiger partial charge in [-0.2, -0.15) is 0 Å². The number of H-pyrrole nitrogens is 1. The lowest BCUT2D eigenvalue weighted by Gasteiger charge is -2.10. The lowest BCUT2D eigenvalue weighted by molar-refractivity contribution is 0.618. The minimum absolute atomic E-state index is 0.241. The fraction of sp³-hybridized carbons (Fsp3) is 0.133. The van der Waals surface area contributed by atoms with Gasteiger partial charge in [0.15, 0.2) is 0 Å². The molecule has 0 fully saturated rings. The van der Waals surface area contributed by atoms with Gasteiger partial charge in [0.1, 0.15) is 11.6 Å². The lowest BCUT2D eigenvalue weighted by atomic mass is 10.0. The highest BCUT2D eigenvalue weighted by atomic mass is 79.9. The molecule has 0 aliphatic rings. The van der Waals surface area contributed by atoms with Gasteiger partial charge in [-0.3, -0.25) is 0 Å². The smallest absolute Gasteiger partial charge is 0.139 e. The third-order valence-electron chi connectivity index (χ3n) is 3.28. The van der Waals surface area contributed by atoms with Gasteiger partial charge in [-0.1, -0.05) is 12.1 Å². The summed E-state index contributed by atoms with van der Waals surface area (Å²) in [4.78, 5) is 7.86. The van der Waals surface area contributed by atoms with Crippen molar-refractivity contribution >= 4 is 27.0 Å². The van der Waals surface area contributed by atoms with Gasteiger partial charge in [0.2, 0.25) is 0 Å². The fourth-order valence-electron chi connectivity index (χ4n) is 2.35. The summed E-state index contributed by atoms with van der Waals surface area (Å²) in [5.74, 6) is 0.534. The Morgan fingerprint density at radius 1 is 1.21 bits per heavy atom. The molecule has 0 atom stereocenters. The van der Waals surface area contributed by atoms with E-state index in [2.05, 4.69) is 25.9 Å². The predicted molar refractivity (Wildman–Crippen MR) is 78.7 cm³/mol. The first-order valence-electron chi connectivity index (χ1n) is 5.98. The van der Waals surface area contributed by atoms with Crippen molar-refractivity contribution in [3.05, 3.63) is 51.7 Å². The Hall–Kier alpha value is -1.68. The van der Waals surface area contributed by atoms with Crippen molar-refractivity contribution in [3.63, 3.8) is 0 Å². The molecule has 0 aliphatic heterocycles. The van der Waals surface area contributed by atoms with E-state index in [9.17, 15) is 4.39 Å². The topological polar surface area (TPSA) is 28.7 Å². The van der Waals surface area contributed by atoms with E-state index in [1.165, 1.54) is 6.07 Å². The highest BCUT2D eigenvalue weighted by molar-refractivity contribution is 9.10. The summed E-state index contributed by atoms with van der Waals surface area (Å²) in [5.41, 5.74) is 4.58. The second-order valence-corrected chi connectivity index (χ2v) is 5.38. The molecule has 3 rings (SSSR count). The van der Waals surface area contributed by atoms with Crippen molar-refractivity contribution in [1.82, 2.24) is 9.97 Å². The number of para-hydroxylation sites is 2. The Morgan fingerprint density at radius 2 is 1.95 bits per heavy atom. The van der Waals surface area contributed by atoms with E-state index < -0.39 is 0 Å². The summed E-state index contributed by atoms with van der Waals surface area (Å²) < 4.78 is 14.2. The van der Waals surface area contributed by atoms with Gasteiger partial charge in [-0.05, 0) is 59.1 Å². The fourth-order valence-corrected chi connectivity index (χ4v) is 2.66. The van der Waals surface area contributed by atoms with Crippen LogP contribution >= 0.6 is 15.9 Å². The molecular formula is C15H12BrFN2. The van der Waals surface area contributed by atoms with Crippen LogP contribution in [0.25, 0.3) is 22.4 Å². The summed E-state index contributed by atoms with van der Waals surface area (Å²) in [6, 6.07) is 9.38. The molecule has 0 saturated heterocycles. The zero-order valence-electron chi connectivity index (χ0n) is 10.6. The van der Waals surface area contributed by atoms with Crippen LogP contribution in [-0.4, -0.2) is 9.97 Å². The molecule has 1 aromatic heterocycles. The summed E-state index contributed by atoms with van der Waals surface area (Å²) in [6.45, 7) is 3.79. The number of aromatic amines is 1. The van der Waals surface area contributed by atoms with E-state index in [0.29, 0.717) is 4.47 Å². The van der Waals surface area contributed by atoms with Crippen molar-refractivity contribution in [1.29, 1.82) is 0 Å². The molecule has 0 saturated carbocycles. The number of hydrogen-bond donors (Lipinski definition) is 1. The molecule has 2 aromatic carbocycles. The molecule has 0 aliphatic carbocycles. The van der Waals surface area contributed by atoms with Crippen LogP contribution in [0.3, 0.4) is 0 Å². The van der Waals surface area contributed by atoms with Gasteiger partial charge in [0.25, 0.3) is 0 Å². The van der Waals surface area contributed by atoms with E-state index in [4.69, 9.17) is 0 Å². The molecule has 96 valence electrons. The first kappa shape index (κ1) is 12.4. The molecule has 19 heavy (non-hydrogen) atoms.